The van der Waals surface area contributed by atoms with Gasteiger partial charge in [0.15, 0.2) is 0 Å². The first-order valence-electron chi connectivity index (χ1n) is 6.79. The van der Waals surface area contributed by atoms with Crippen LogP contribution in [0.25, 0.3) is 0 Å². The largest absolute Gasteiger partial charge is 0.396 e. The number of hydrogen-bond acceptors (Lipinski definition) is 3. The van der Waals surface area contributed by atoms with Crippen molar-refractivity contribution in [3.8, 4) is 0 Å². The molecule has 17 heavy (non-hydrogen) atoms. The third kappa shape index (κ3) is 5.04. The van der Waals surface area contributed by atoms with Crippen molar-refractivity contribution in [3.05, 3.63) is 0 Å². The van der Waals surface area contributed by atoms with Crippen LogP contribution in [0.3, 0.4) is 0 Å². The molecular weight excluding hydrogens is 218 g/mol. The maximum atomic E-state index is 11.9. The van der Waals surface area contributed by atoms with Crippen LogP contribution in [0.15, 0.2) is 0 Å². The van der Waals surface area contributed by atoms with Gasteiger partial charge < -0.3 is 15.2 Å². The predicted octanol–water partition coefficient (Wildman–Crippen LogP) is 1.47. The first-order chi connectivity index (χ1) is 8.29. The molecule has 2 unspecified atom stereocenters. The summed E-state index contributed by atoms with van der Waals surface area (Å²) >= 11 is 0. The molecule has 0 radical (unpaired) electrons. The Balaban J connectivity index is 2.08. The fraction of sp³-hybridized carbons (Fsp3) is 0.923. The molecule has 0 aromatic heterocycles. The molecule has 1 aliphatic heterocycles. The van der Waals surface area contributed by atoms with Gasteiger partial charge in [-0.05, 0) is 25.7 Å². The Labute approximate surface area is 104 Å². The highest BCUT2D eigenvalue weighted by atomic mass is 16.5. The minimum Gasteiger partial charge on any atom is -0.396 e. The highest BCUT2D eigenvalue weighted by Crippen LogP contribution is 2.23. The number of ether oxygens (including phenoxy) is 1. The molecule has 0 aromatic rings. The van der Waals surface area contributed by atoms with E-state index in [-0.39, 0.29) is 24.5 Å². The van der Waals surface area contributed by atoms with Crippen molar-refractivity contribution >= 4 is 5.91 Å². The van der Waals surface area contributed by atoms with Crippen LogP contribution in [0.2, 0.25) is 0 Å². The maximum absolute atomic E-state index is 11.9. The predicted molar refractivity (Wildman–Crippen MR) is 66.7 cm³/mol. The number of unbranched alkanes of at least 4 members (excludes halogenated alkanes) is 3. The number of carbonyl (C=O) groups excluding carboxylic acids is 1. The molecule has 2 N–H and O–H groups in total. The molecule has 0 aromatic carbocycles. The fourth-order valence-corrected chi connectivity index (χ4v) is 2.28. The Morgan fingerprint density at radius 2 is 2.12 bits per heavy atom. The molecule has 2 atom stereocenters. The van der Waals surface area contributed by atoms with Crippen molar-refractivity contribution in [3.63, 3.8) is 0 Å². The summed E-state index contributed by atoms with van der Waals surface area (Å²) in [7, 11) is 0. The molecule has 1 rings (SSSR count). The minimum atomic E-state index is 0.0532. The van der Waals surface area contributed by atoms with Gasteiger partial charge in [-0.1, -0.05) is 19.8 Å². The van der Waals surface area contributed by atoms with Gasteiger partial charge in [-0.25, -0.2) is 0 Å². The van der Waals surface area contributed by atoms with Crippen LogP contribution in [0.1, 0.15) is 45.4 Å². The summed E-state index contributed by atoms with van der Waals surface area (Å²) in [6.07, 6.45) is 5.85. The number of hydrogen-bond donors (Lipinski definition) is 2. The van der Waals surface area contributed by atoms with Gasteiger partial charge in [-0.15, -0.1) is 0 Å². The molecule has 100 valence electrons. The van der Waals surface area contributed by atoms with E-state index >= 15 is 0 Å². The van der Waals surface area contributed by atoms with Crippen LogP contribution in [0.5, 0.6) is 0 Å². The van der Waals surface area contributed by atoms with E-state index in [1.54, 1.807) is 0 Å². The van der Waals surface area contributed by atoms with Crippen molar-refractivity contribution < 1.29 is 14.6 Å². The molecule has 1 heterocycles. The molecule has 4 nitrogen and oxygen atoms in total. The Hall–Kier alpha value is -0.610. The standard InChI is InChI=1S/C13H25NO3/c1-2-12-11(7-10-17-12)13(16)14-8-5-3-4-6-9-15/h11-12,15H,2-10H2,1H3,(H,14,16). The normalized spacial score (nSPS) is 23.9. The zero-order chi connectivity index (χ0) is 12.5. The molecule has 0 bridgehead atoms. The zero-order valence-corrected chi connectivity index (χ0v) is 10.8. The second kappa shape index (κ2) is 8.48. The first-order valence-corrected chi connectivity index (χ1v) is 6.79. The van der Waals surface area contributed by atoms with Crippen molar-refractivity contribution in [2.75, 3.05) is 19.8 Å². The third-order valence-corrected chi connectivity index (χ3v) is 3.33. The van der Waals surface area contributed by atoms with E-state index < -0.39 is 0 Å². The van der Waals surface area contributed by atoms with Crippen molar-refractivity contribution in [1.82, 2.24) is 5.32 Å². The van der Waals surface area contributed by atoms with Crippen LogP contribution >= 0.6 is 0 Å². The van der Waals surface area contributed by atoms with Crippen LogP contribution in [0.4, 0.5) is 0 Å². The van der Waals surface area contributed by atoms with Crippen molar-refractivity contribution in [2.24, 2.45) is 5.92 Å². The summed E-state index contributed by atoms with van der Waals surface area (Å²) < 4.78 is 5.51. The Morgan fingerprint density at radius 3 is 2.82 bits per heavy atom. The average Bonchev–Trinajstić information content (AvgIpc) is 2.81. The lowest BCUT2D eigenvalue weighted by Gasteiger charge is -2.16. The Kier molecular flexibility index (Phi) is 7.21. The van der Waals surface area contributed by atoms with Crippen molar-refractivity contribution in [2.45, 2.75) is 51.6 Å². The molecule has 0 spiro atoms. The Morgan fingerprint density at radius 1 is 1.35 bits per heavy atom. The first kappa shape index (κ1) is 14.5. The highest BCUT2D eigenvalue weighted by molar-refractivity contribution is 5.79. The Bertz CT molecular complexity index is 221. The SMILES string of the molecule is CCC1OCCC1C(=O)NCCCCCCO. The summed E-state index contributed by atoms with van der Waals surface area (Å²) in [6, 6.07) is 0. The minimum absolute atomic E-state index is 0.0532. The van der Waals surface area contributed by atoms with Crippen molar-refractivity contribution in [1.29, 1.82) is 0 Å². The molecule has 0 aliphatic carbocycles. The molecule has 1 saturated heterocycles. The molecule has 1 fully saturated rings. The van der Waals surface area contributed by atoms with Gasteiger partial charge in [0.25, 0.3) is 0 Å². The molecule has 0 saturated carbocycles. The zero-order valence-electron chi connectivity index (χ0n) is 10.8. The second-order valence-electron chi connectivity index (χ2n) is 4.64. The van der Waals surface area contributed by atoms with Gasteiger partial charge in [0, 0.05) is 19.8 Å². The summed E-state index contributed by atoms with van der Waals surface area (Å²) in [6.45, 7) is 3.79. The lowest BCUT2D eigenvalue weighted by Crippen LogP contribution is -2.35. The monoisotopic (exact) mass is 243 g/mol. The van der Waals surface area contributed by atoms with E-state index in [1.165, 1.54) is 0 Å². The lowest BCUT2D eigenvalue weighted by atomic mass is 9.98. The molecule has 1 aliphatic rings. The van der Waals surface area contributed by atoms with Crippen LogP contribution < -0.4 is 5.32 Å². The maximum Gasteiger partial charge on any atom is 0.225 e. The van der Waals surface area contributed by atoms with E-state index in [1.807, 2.05) is 0 Å². The van der Waals surface area contributed by atoms with E-state index in [4.69, 9.17) is 9.84 Å². The van der Waals surface area contributed by atoms with E-state index in [0.717, 1.165) is 45.1 Å². The summed E-state index contributed by atoms with van der Waals surface area (Å²) in [5.74, 6) is 0.203. The average molecular weight is 243 g/mol. The van der Waals surface area contributed by atoms with E-state index in [2.05, 4.69) is 12.2 Å². The fourth-order valence-electron chi connectivity index (χ4n) is 2.28. The second-order valence-corrected chi connectivity index (χ2v) is 4.64. The van der Waals surface area contributed by atoms with Gasteiger partial charge in [0.05, 0.1) is 12.0 Å². The smallest absolute Gasteiger partial charge is 0.225 e. The molecule has 4 heteroatoms. The van der Waals surface area contributed by atoms with E-state index in [0.29, 0.717) is 6.61 Å². The quantitative estimate of drug-likeness (QED) is 0.635. The van der Waals surface area contributed by atoms with Gasteiger partial charge >= 0.3 is 0 Å². The molecule has 1 amide bonds. The highest BCUT2D eigenvalue weighted by Gasteiger charge is 2.32. The number of amides is 1. The summed E-state index contributed by atoms with van der Waals surface area (Å²) in [5.41, 5.74) is 0. The number of nitrogens with one attached hydrogen (secondary N) is 1. The number of rotatable bonds is 8. The number of aliphatic hydroxyl groups excluding tert-OH is 1. The number of aliphatic hydroxyl groups is 1. The van der Waals surface area contributed by atoms with Crippen LogP contribution in [-0.4, -0.2) is 36.9 Å². The lowest BCUT2D eigenvalue weighted by molar-refractivity contribution is -0.126. The summed E-state index contributed by atoms with van der Waals surface area (Å²) in [4.78, 5) is 11.9. The van der Waals surface area contributed by atoms with Crippen LogP contribution in [-0.2, 0) is 9.53 Å². The van der Waals surface area contributed by atoms with Crippen LogP contribution in [0, 0.1) is 5.92 Å². The van der Waals surface area contributed by atoms with Gasteiger partial charge in [0.2, 0.25) is 5.91 Å². The van der Waals surface area contributed by atoms with Gasteiger partial charge in [-0.2, -0.15) is 0 Å². The molecular formula is C13H25NO3. The topological polar surface area (TPSA) is 58.6 Å². The van der Waals surface area contributed by atoms with Gasteiger partial charge in [-0.3, -0.25) is 4.79 Å². The summed E-state index contributed by atoms with van der Waals surface area (Å²) in [5, 5.41) is 11.6. The number of carbonyl (C=O) groups is 1. The third-order valence-electron chi connectivity index (χ3n) is 3.33. The van der Waals surface area contributed by atoms with Gasteiger partial charge in [0.1, 0.15) is 0 Å². The van der Waals surface area contributed by atoms with E-state index in [9.17, 15) is 4.79 Å².